The molecule has 0 saturated heterocycles. The third-order valence-corrected chi connectivity index (χ3v) is 3.68. The summed E-state index contributed by atoms with van der Waals surface area (Å²) in [5, 5.41) is 3.62. The van der Waals surface area contributed by atoms with Gasteiger partial charge in [-0.1, -0.05) is 30.3 Å². The summed E-state index contributed by atoms with van der Waals surface area (Å²) in [6, 6.07) is 12.9. The van der Waals surface area contributed by atoms with Crippen LogP contribution in [-0.2, 0) is 15.7 Å². The number of halogens is 3. The molecular formula is C19H13F3N2O3. The van der Waals surface area contributed by atoms with Crippen LogP contribution in [0.4, 0.5) is 18.9 Å². The molecule has 0 aliphatic carbocycles. The van der Waals surface area contributed by atoms with Gasteiger partial charge in [-0.05, 0) is 29.7 Å². The van der Waals surface area contributed by atoms with Gasteiger partial charge in [0.05, 0.1) is 5.56 Å². The van der Waals surface area contributed by atoms with Gasteiger partial charge in [-0.3, -0.25) is 4.79 Å². The van der Waals surface area contributed by atoms with Crippen molar-refractivity contribution in [1.82, 2.24) is 4.98 Å². The number of pyridine rings is 1. The third kappa shape index (κ3) is 4.41. The minimum Gasteiger partial charge on any atom is -0.451 e. The van der Waals surface area contributed by atoms with E-state index in [0.717, 1.165) is 17.5 Å². The molecule has 0 fully saturated rings. The van der Waals surface area contributed by atoms with Crippen molar-refractivity contribution in [3.05, 3.63) is 72.1 Å². The zero-order valence-corrected chi connectivity index (χ0v) is 13.8. The number of ether oxygens (including phenoxy) is 1. The lowest BCUT2D eigenvalue weighted by Gasteiger charge is -2.10. The lowest BCUT2D eigenvalue weighted by molar-refractivity contribution is -0.137. The van der Waals surface area contributed by atoms with E-state index in [9.17, 15) is 22.8 Å². The van der Waals surface area contributed by atoms with E-state index in [-0.39, 0.29) is 11.4 Å². The molecule has 1 amide bonds. The van der Waals surface area contributed by atoms with Gasteiger partial charge in [-0.2, -0.15) is 13.2 Å². The van der Waals surface area contributed by atoms with Crippen molar-refractivity contribution in [1.29, 1.82) is 0 Å². The van der Waals surface area contributed by atoms with Gasteiger partial charge < -0.3 is 10.1 Å². The highest BCUT2D eigenvalue weighted by Gasteiger charge is 2.30. The fraction of sp³-hybridized carbons (Fsp3) is 0.105. The van der Waals surface area contributed by atoms with Crippen LogP contribution < -0.4 is 5.32 Å². The number of esters is 1. The first-order valence-electron chi connectivity index (χ1n) is 7.82. The maximum Gasteiger partial charge on any atom is 0.416 e. The van der Waals surface area contributed by atoms with Gasteiger partial charge in [0.15, 0.2) is 12.3 Å². The SMILES string of the molecule is O=C(COC(=O)c1nccc2ccccc12)Nc1cccc(C(F)(F)F)c1. The number of amides is 1. The van der Waals surface area contributed by atoms with Crippen LogP contribution in [0, 0.1) is 0 Å². The number of anilines is 1. The molecule has 0 atom stereocenters. The van der Waals surface area contributed by atoms with Crippen molar-refractivity contribution >= 4 is 28.3 Å². The highest BCUT2D eigenvalue weighted by atomic mass is 19.4. The highest BCUT2D eigenvalue weighted by Crippen LogP contribution is 2.30. The van der Waals surface area contributed by atoms with E-state index in [1.165, 1.54) is 18.3 Å². The summed E-state index contributed by atoms with van der Waals surface area (Å²) in [5.41, 5.74) is -0.883. The van der Waals surface area contributed by atoms with Gasteiger partial charge in [0.25, 0.3) is 5.91 Å². The predicted octanol–water partition coefficient (Wildman–Crippen LogP) is 4.05. The zero-order valence-electron chi connectivity index (χ0n) is 13.8. The molecule has 138 valence electrons. The molecule has 5 nitrogen and oxygen atoms in total. The molecule has 0 aliphatic heterocycles. The van der Waals surface area contributed by atoms with E-state index in [0.29, 0.717) is 5.39 Å². The fourth-order valence-electron chi connectivity index (χ4n) is 2.45. The number of alkyl halides is 3. The Morgan fingerprint density at radius 3 is 2.59 bits per heavy atom. The second-order valence-electron chi connectivity index (χ2n) is 5.58. The Morgan fingerprint density at radius 2 is 1.81 bits per heavy atom. The molecule has 0 bridgehead atoms. The zero-order chi connectivity index (χ0) is 19.4. The van der Waals surface area contributed by atoms with Gasteiger partial charge in [0.2, 0.25) is 0 Å². The fourth-order valence-corrected chi connectivity index (χ4v) is 2.45. The molecule has 0 radical (unpaired) electrons. The maximum absolute atomic E-state index is 12.7. The van der Waals surface area contributed by atoms with E-state index >= 15 is 0 Å². The Labute approximate surface area is 151 Å². The quantitative estimate of drug-likeness (QED) is 0.700. The Bertz CT molecular complexity index is 997. The van der Waals surface area contributed by atoms with E-state index in [1.54, 1.807) is 30.3 Å². The molecular weight excluding hydrogens is 361 g/mol. The van der Waals surface area contributed by atoms with Crippen molar-refractivity contribution in [2.45, 2.75) is 6.18 Å². The standard InChI is InChI=1S/C19H13F3N2O3/c20-19(21,22)13-5-3-6-14(10-13)24-16(25)11-27-18(26)17-15-7-2-1-4-12(15)8-9-23-17/h1-10H,11H2,(H,24,25). The molecule has 8 heteroatoms. The van der Waals surface area contributed by atoms with Crippen molar-refractivity contribution in [2.24, 2.45) is 0 Å². The molecule has 3 aromatic rings. The predicted molar refractivity (Wildman–Crippen MR) is 92.1 cm³/mol. The second-order valence-corrected chi connectivity index (χ2v) is 5.58. The van der Waals surface area contributed by atoms with Gasteiger partial charge in [-0.25, -0.2) is 9.78 Å². The van der Waals surface area contributed by atoms with Crippen LogP contribution >= 0.6 is 0 Å². The Hall–Kier alpha value is -3.42. The van der Waals surface area contributed by atoms with Crippen molar-refractivity contribution < 1.29 is 27.5 Å². The van der Waals surface area contributed by atoms with Crippen LogP contribution in [0.1, 0.15) is 16.1 Å². The molecule has 3 rings (SSSR count). The smallest absolute Gasteiger partial charge is 0.416 e. The minimum absolute atomic E-state index is 0.0471. The number of aromatic nitrogens is 1. The molecule has 1 aromatic heterocycles. The van der Waals surface area contributed by atoms with Crippen LogP contribution in [0.2, 0.25) is 0 Å². The van der Waals surface area contributed by atoms with Gasteiger partial charge >= 0.3 is 12.1 Å². The first kappa shape index (κ1) is 18.4. The Balaban J connectivity index is 1.65. The lowest BCUT2D eigenvalue weighted by atomic mass is 10.1. The molecule has 27 heavy (non-hydrogen) atoms. The number of hydrogen-bond donors (Lipinski definition) is 1. The average Bonchev–Trinajstić information content (AvgIpc) is 2.65. The van der Waals surface area contributed by atoms with E-state index < -0.39 is 30.2 Å². The molecule has 0 unspecified atom stereocenters. The lowest BCUT2D eigenvalue weighted by Crippen LogP contribution is -2.21. The number of nitrogens with zero attached hydrogens (tertiary/aromatic N) is 1. The van der Waals surface area contributed by atoms with E-state index in [1.807, 2.05) is 0 Å². The number of carbonyl (C=O) groups excluding carboxylic acids is 2. The molecule has 1 heterocycles. The average molecular weight is 374 g/mol. The van der Waals surface area contributed by atoms with Crippen molar-refractivity contribution in [2.75, 3.05) is 11.9 Å². The van der Waals surface area contributed by atoms with Gasteiger partial charge in [0, 0.05) is 17.3 Å². The largest absolute Gasteiger partial charge is 0.451 e. The number of hydrogen-bond acceptors (Lipinski definition) is 4. The molecule has 0 aliphatic rings. The summed E-state index contributed by atoms with van der Waals surface area (Å²) in [5.74, 6) is -1.56. The van der Waals surface area contributed by atoms with E-state index in [2.05, 4.69) is 10.3 Å². The number of carbonyl (C=O) groups is 2. The van der Waals surface area contributed by atoms with Crippen LogP contribution in [0.25, 0.3) is 10.8 Å². The summed E-state index contributed by atoms with van der Waals surface area (Å²) in [6.07, 6.45) is -3.07. The maximum atomic E-state index is 12.7. The minimum atomic E-state index is -4.52. The second kappa shape index (κ2) is 7.45. The molecule has 0 saturated carbocycles. The van der Waals surface area contributed by atoms with Crippen LogP contribution in [-0.4, -0.2) is 23.5 Å². The molecule has 2 aromatic carbocycles. The number of nitrogens with one attached hydrogen (secondary N) is 1. The van der Waals surface area contributed by atoms with Gasteiger partial charge in [0.1, 0.15) is 0 Å². The highest BCUT2D eigenvalue weighted by molar-refractivity contribution is 6.03. The summed E-state index contributed by atoms with van der Waals surface area (Å²) in [7, 11) is 0. The molecule has 0 spiro atoms. The number of benzene rings is 2. The van der Waals surface area contributed by atoms with Crippen LogP contribution in [0.5, 0.6) is 0 Å². The number of rotatable bonds is 4. The molecule has 1 N–H and O–H groups in total. The topological polar surface area (TPSA) is 68.3 Å². The summed E-state index contributed by atoms with van der Waals surface area (Å²) < 4.78 is 43.0. The first-order chi connectivity index (χ1) is 12.8. The monoisotopic (exact) mass is 374 g/mol. The summed E-state index contributed by atoms with van der Waals surface area (Å²) in [6.45, 7) is -0.653. The normalized spacial score (nSPS) is 11.2. The van der Waals surface area contributed by atoms with E-state index in [4.69, 9.17) is 4.74 Å². The Morgan fingerprint density at radius 1 is 1.04 bits per heavy atom. The first-order valence-corrected chi connectivity index (χ1v) is 7.82. The van der Waals surface area contributed by atoms with Crippen LogP contribution in [0.15, 0.2) is 60.8 Å². The third-order valence-electron chi connectivity index (χ3n) is 3.68. The summed E-state index contributed by atoms with van der Waals surface area (Å²) in [4.78, 5) is 28.0. The van der Waals surface area contributed by atoms with Crippen LogP contribution in [0.3, 0.4) is 0 Å². The Kier molecular flexibility index (Phi) is 5.07. The van der Waals surface area contributed by atoms with Crippen molar-refractivity contribution in [3.63, 3.8) is 0 Å². The summed E-state index contributed by atoms with van der Waals surface area (Å²) >= 11 is 0. The van der Waals surface area contributed by atoms with Gasteiger partial charge in [-0.15, -0.1) is 0 Å². The number of fused-ring (bicyclic) bond motifs is 1. The van der Waals surface area contributed by atoms with Crippen molar-refractivity contribution in [3.8, 4) is 0 Å².